The van der Waals surface area contributed by atoms with Crippen molar-refractivity contribution in [3.05, 3.63) is 34.9 Å². The van der Waals surface area contributed by atoms with Crippen LogP contribution < -0.4 is 10.7 Å². The first kappa shape index (κ1) is 13.8. The summed E-state index contributed by atoms with van der Waals surface area (Å²) in [4.78, 5) is 0. The Balaban J connectivity index is 1.49. The van der Waals surface area contributed by atoms with Crippen LogP contribution in [0.1, 0.15) is 31.2 Å². The summed E-state index contributed by atoms with van der Waals surface area (Å²) in [6, 6.07) is 8.12. The molecule has 2 N–H and O–H groups in total. The lowest BCUT2D eigenvalue weighted by atomic mass is 9.96. The van der Waals surface area contributed by atoms with Crippen molar-refractivity contribution in [3.8, 4) is 0 Å². The minimum Gasteiger partial charge on any atom is -0.358 e. The van der Waals surface area contributed by atoms with Gasteiger partial charge in [-0.3, -0.25) is 5.43 Å². The second-order valence-electron chi connectivity index (χ2n) is 5.65. The molecule has 2 aliphatic rings. The smallest absolute Gasteiger partial charge is 0.187 e. The number of hydrogen-bond acceptors (Lipinski definition) is 2. The molecule has 0 heterocycles. The minimum atomic E-state index is 0.532. The van der Waals surface area contributed by atoms with Gasteiger partial charge in [-0.2, -0.15) is 5.10 Å². The van der Waals surface area contributed by atoms with Crippen molar-refractivity contribution in [2.24, 2.45) is 16.9 Å². The number of nitrogens with zero attached hydrogens (tertiary/aromatic N) is 1. The summed E-state index contributed by atoms with van der Waals surface area (Å²) in [6.45, 7) is 0. The van der Waals surface area contributed by atoms with Crippen LogP contribution in [0.15, 0.2) is 29.4 Å². The van der Waals surface area contributed by atoms with E-state index in [0.717, 1.165) is 17.4 Å². The second kappa shape index (κ2) is 6.10. The van der Waals surface area contributed by atoms with E-state index >= 15 is 0 Å². The number of thiocarbonyl (C=S) groups is 1. The molecule has 0 aromatic heterocycles. The van der Waals surface area contributed by atoms with Gasteiger partial charge in [0.1, 0.15) is 0 Å². The maximum atomic E-state index is 6.05. The predicted molar refractivity (Wildman–Crippen MR) is 87.2 cm³/mol. The molecule has 2 bridgehead atoms. The van der Waals surface area contributed by atoms with Crippen LogP contribution in [0.3, 0.4) is 0 Å². The molecule has 0 amide bonds. The molecular weight excluding hydrogens is 290 g/mol. The number of hydrogen-bond donors (Lipinski definition) is 2. The van der Waals surface area contributed by atoms with Crippen molar-refractivity contribution >= 4 is 35.1 Å². The third-order valence-corrected chi connectivity index (χ3v) is 4.88. The quantitative estimate of drug-likeness (QED) is 0.511. The van der Waals surface area contributed by atoms with E-state index in [1.54, 1.807) is 6.21 Å². The van der Waals surface area contributed by atoms with Gasteiger partial charge in [-0.05, 0) is 49.4 Å². The van der Waals surface area contributed by atoms with Gasteiger partial charge in [-0.15, -0.1) is 0 Å². The molecule has 3 atom stereocenters. The number of rotatable bonds is 3. The Morgan fingerprint density at radius 1 is 1.30 bits per heavy atom. The fraction of sp³-hybridized carbons (Fsp3) is 0.467. The summed E-state index contributed by atoms with van der Waals surface area (Å²) in [6.07, 6.45) is 7.04. The Morgan fingerprint density at radius 3 is 2.85 bits per heavy atom. The number of benzene rings is 1. The molecule has 2 aliphatic carbocycles. The van der Waals surface area contributed by atoms with E-state index in [9.17, 15) is 0 Å². The molecule has 0 saturated heterocycles. The van der Waals surface area contributed by atoms with E-state index in [4.69, 9.17) is 23.8 Å². The number of halogens is 1. The van der Waals surface area contributed by atoms with Crippen LogP contribution in [0.5, 0.6) is 0 Å². The second-order valence-corrected chi connectivity index (χ2v) is 6.46. The number of hydrazone groups is 1. The Morgan fingerprint density at radius 2 is 2.15 bits per heavy atom. The average Bonchev–Trinajstić information content (AvgIpc) is 3.03. The highest BCUT2D eigenvalue weighted by Gasteiger charge is 2.39. The Hall–Kier alpha value is -1.13. The zero-order chi connectivity index (χ0) is 13.9. The molecule has 5 heteroatoms. The third kappa shape index (κ3) is 3.13. The van der Waals surface area contributed by atoms with Crippen LogP contribution in [-0.2, 0) is 0 Å². The van der Waals surface area contributed by atoms with E-state index < -0.39 is 0 Å². The van der Waals surface area contributed by atoms with Crippen LogP contribution in [0.25, 0.3) is 0 Å². The van der Waals surface area contributed by atoms with Crippen LogP contribution >= 0.6 is 23.8 Å². The first-order chi connectivity index (χ1) is 9.72. The van der Waals surface area contributed by atoms with Gasteiger partial charge in [-0.25, -0.2) is 0 Å². The largest absolute Gasteiger partial charge is 0.358 e. The summed E-state index contributed by atoms with van der Waals surface area (Å²) in [5.41, 5.74) is 3.75. The molecule has 0 radical (unpaired) electrons. The van der Waals surface area contributed by atoms with Gasteiger partial charge in [0.15, 0.2) is 5.11 Å². The fourth-order valence-corrected chi connectivity index (χ4v) is 3.75. The summed E-state index contributed by atoms with van der Waals surface area (Å²) < 4.78 is 0. The molecule has 3 rings (SSSR count). The van der Waals surface area contributed by atoms with E-state index in [2.05, 4.69) is 15.8 Å². The Kier molecular flexibility index (Phi) is 4.22. The monoisotopic (exact) mass is 307 g/mol. The van der Waals surface area contributed by atoms with Gasteiger partial charge in [0, 0.05) is 16.6 Å². The number of fused-ring (bicyclic) bond motifs is 2. The summed E-state index contributed by atoms with van der Waals surface area (Å²) in [7, 11) is 0. The van der Waals surface area contributed by atoms with Crippen LogP contribution in [0, 0.1) is 11.8 Å². The highest BCUT2D eigenvalue weighted by Crippen LogP contribution is 2.44. The Labute approximate surface area is 129 Å². The number of nitrogens with one attached hydrogen (secondary N) is 2. The van der Waals surface area contributed by atoms with Crippen LogP contribution in [0.4, 0.5) is 0 Å². The molecule has 2 saturated carbocycles. The van der Waals surface area contributed by atoms with Crippen molar-refractivity contribution in [2.45, 2.75) is 31.7 Å². The van der Waals surface area contributed by atoms with Crippen molar-refractivity contribution in [1.29, 1.82) is 0 Å². The van der Waals surface area contributed by atoms with Crippen molar-refractivity contribution in [2.75, 3.05) is 0 Å². The van der Waals surface area contributed by atoms with Crippen LogP contribution in [-0.4, -0.2) is 17.4 Å². The van der Waals surface area contributed by atoms with Gasteiger partial charge < -0.3 is 5.32 Å². The average molecular weight is 308 g/mol. The zero-order valence-corrected chi connectivity index (χ0v) is 12.8. The lowest BCUT2D eigenvalue weighted by Gasteiger charge is -2.23. The zero-order valence-electron chi connectivity index (χ0n) is 11.2. The van der Waals surface area contributed by atoms with Gasteiger partial charge >= 0.3 is 0 Å². The predicted octanol–water partition coefficient (Wildman–Crippen LogP) is 3.33. The first-order valence-corrected chi connectivity index (χ1v) is 7.85. The van der Waals surface area contributed by atoms with Crippen LogP contribution in [0.2, 0.25) is 5.02 Å². The molecule has 0 aliphatic heterocycles. The summed E-state index contributed by atoms with van der Waals surface area (Å²) in [5, 5.41) is 8.82. The standard InChI is InChI=1S/C15H18ClN3S/c16-13-4-2-1-3-12(13)9-17-19-15(20)18-14-8-10-5-6-11(14)7-10/h1-4,9-11,14H,5-8H2,(H2,18,19,20). The summed E-state index contributed by atoms with van der Waals surface area (Å²) in [5.74, 6) is 1.71. The molecule has 3 nitrogen and oxygen atoms in total. The minimum absolute atomic E-state index is 0.532. The lowest BCUT2D eigenvalue weighted by molar-refractivity contribution is 0.389. The third-order valence-electron chi connectivity index (χ3n) is 4.33. The normalized spacial score (nSPS) is 27.9. The molecule has 1 aromatic rings. The van der Waals surface area contributed by atoms with Crippen molar-refractivity contribution in [3.63, 3.8) is 0 Å². The molecular formula is C15H18ClN3S. The van der Waals surface area contributed by atoms with Gasteiger partial charge in [0.05, 0.1) is 6.21 Å². The molecule has 2 fully saturated rings. The van der Waals surface area contributed by atoms with Gasteiger partial charge in [0.2, 0.25) is 0 Å². The van der Waals surface area contributed by atoms with Gasteiger partial charge in [-0.1, -0.05) is 36.2 Å². The maximum absolute atomic E-state index is 6.05. The molecule has 0 spiro atoms. The van der Waals surface area contributed by atoms with Gasteiger partial charge in [0.25, 0.3) is 0 Å². The van der Waals surface area contributed by atoms with E-state index in [-0.39, 0.29) is 0 Å². The van der Waals surface area contributed by atoms with E-state index in [1.165, 1.54) is 25.7 Å². The maximum Gasteiger partial charge on any atom is 0.187 e. The van der Waals surface area contributed by atoms with E-state index in [1.807, 2.05) is 24.3 Å². The molecule has 20 heavy (non-hydrogen) atoms. The highest BCUT2D eigenvalue weighted by atomic mass is 35.5. The molecule has 3 unspecified atom stereocenters. The van der Waals surface area contributed by atoms with E-state index in [0.29, 0.717) is 16.2 Å². The highest BCUT2D eigenvalue weighted by molar-refractivity contribution is 7.80. The Bertz CT molecular complexity index is 532. The first-order valence-electron chi connectivity index (χ1n) is 7.06. The molecule has 106 valence electrons. The van der Waals surface area contributed by atoms with Crippen molar-refractivity contribution in [1.82, 2.24) is 10.7 Å². The summed E-state index contributed by atoms with van der Waals surface area (Å²) >= 11 is 11.3. The molecule has 1 aromatic carbocycles. The SMILES string of the molecule is S=C(NN=Cc1ccccc1Cl)NC1CC2CCC1C2. The van der Waals surface area contributed by atoms with Crippen molar-refractivity contribution < 1.29 is 0 Å². The fourth-order valence-electron chi connectivity index (χ4n) is 3.36. The lowest BCUT2D eigenvalue weighted by Crippen LogP contribution is -2.42. The topological polar surface area (TPSA) is 36.4 Å².